The van der Waals surface area contributed by atoms with E-state index in [1.807, 2.05) is 12.1 Å². The zero-order valence-electron chi connectivity index (χ0n) is 16.6. The molecule has 2 heteroatoms. The summed E-state index contributed by atoms with van der Waals surface area (Å²) in [5, 5.41) is 10.5. The highest BCUT2D eigenvalue weighted by Crippen LogP contribution is 2.48. The van der Waals surface area contributed by atoms with Crippen LogP contribution in [0.1, 0.15) is 50.2 Å². The molecule has 2 aliphatic heterocycles. The summed E-state index contributed by atoms with van der Waals surface area (Å²) < 4.78 is 1.26. The summed E-state index contributed by atoms with van der Waals surface area (Å²) in [7, 11) is 2.46. The van der Waals surface area contributed by atoms with E-state index in [2.05, 4.69) is 68.6 Å². The van der Waals surface area contributed by atoms with Crippen LogP contribution in [0.4, 0.5) is 0 Å². The largest absolute Gasteiger partial charge is 0.321 e. The first-order valence-corrected chi connectivity index (χ1v) is 10.5. The molecule has 2 nitrogen and oxygen atoms in total. The molecule has 4 rings (SSSR count). The van der Waals surface area contributed by atoms with E-state index in [4.69, 9.17) is 0 Å². The van der Waals surface area contributed by atoms with Crippen LogP contribution in [0.15, 0.2) is 60.7 Å². The molecule has 4 atom stereocenters. The fourth-order valence-corrected chi connectivity index (χ4v) is 5.99. The highest BCUT2D eigenvalue weighted by Gasteiger charge is 2.52. The number of hydrogen-bond acceptors (Lipinski definition) is 1. The van der Waals surface area contributed by atoms with Gasteiger partial charge < -0.3 is 4.48 Å². The van der Waals surface area contributed by atoms with Gasteiger partial charge in [0.2, 0.25) is 0 Å². The number of hydrogen-bond donors (Lipinski definition) is 0. The molecule has 2 aromatic rings. The Kier molecular flexibility index (Phi) is 4.82. The van der Waals surface area contributed by atoms with E-state index in [1.54, 1.807) is 0 Å². The van der Waals surface area contributed by atoms with E-state index in [9.17, 15) is 5.26 Å². The fourth-order valence-electron chi connectivity index (χ4n) is 5.99. The minimum Gasteiger partial charge on any atom is -0.321 e. The van der Waals surface area contributed by atoms with Crippen molar-refractivity contribution in [3.63, 3.8) is 0 Å². The molecule has 2 heterocycles. The number of quaternary nitrogens is 1. The van der Waals surface area contributed by atoms with Crippen molar-refractivity contribution in [3.8, 4) is 6.07 Å². The second kappa shape index (κ2) is 7.13. The van der Waals surface area contributed by atoms with Crippen LogP contribution >= 0.6 is 0 Å². The average Bonchev–Trinajstić information content (AvgIpc) is 2.90. The quantitative estimate of drug-likeness (QED) is 0.665. The summed E-state index contributed by atoms with van der Waals surface area (Å²) in [6.07, 6.45) is 6.20. The van der Waals surface area contributed by atoms with Crippen LogP contribution in [0, 0.1) is 17.2 Å². The summed E-state index contributed by atoms with van der Waals surface area (Å²) in [6.45, 7) is 3.59. The lowest BCUT2D eigenvalue weighted by molar-refractivity contribution is -0.948. The minimum absolute atomic E-state index is 0.542. The summed E-state index contributed by atoms with van der Waals surface area (Å²) >= 11 is 0. The van der Waals surface area contributed by atoms with Crippen LogP contribution in [-0.2, 0) is 5.41 Å². The monoisotopic (exact) mass is 359 g/mol. The van der Waals surface area contributed by atoms with E-state index in [0.29, 0.717) is 5.92 Å². The number of fused-ring (bicyclic) bond motifs is 2. The first kappa shape index (κ1) is 18.3. The molecular formula is C25H31N2+. The second-order valence-electron chi connectivity index (χ2n) is 8.84. The topological polar surface area (TPSA) is 23.8 Å². The zero-order chi connectivity index (χ0) is 18.9. The van der Waals surface area contributed by atoms with E-state index >= 15 is 0 Å². The van der Waals surface area contributed by atoms with Gasteiger partial charge in [-0.3, -0.25) is 0 Å². The molecule has 2 saturated heterocycles. The maximum absolute atomic E-state index is 10.5. The summed E-state index contributed by atoms with van der Waals surface area (Å²) in [6, 6.07) is 25.3. The van der Waals surface area contributed by atoms with Crippen molar-refractivity contribution in [1.82, 2.24) is 0 Å². The van der Waals surface area contributed by atoms with Gasteiger partial charge in [-0.15, -0.1) is 0 Å². The van der Waals surface area contributed by atoms with Gasteiger partial charge in [0.15, 0.2) is 0 Å². The molecular weight excluding hydrogens is 328 g/mol. The number of piperidine rings is 1. The fraction of sp³-hybridized carbons (Fsp3) is 0.480. The molecule has 27 heavy (non-hydrogen) atoms. The molecule has 2 aromatic carbocycles. The third-order valence-electron chi connectivity index (χ3n) is 7.71. The summed E-state index contributed by atoms with van der Waals surface area (Å²) in [4.78, 5) is 0. The molecule has 2 bridgehead atoms. The van der Waals surface area contributed by atoms with E-state index in [1.165, 1.54) is 36.7 Å². The van der Waals surface area contributed by atoms with Gasteiger partial charge in [-0.2, -0.15) is 5.26 Å². The molecule has 140 valence electrons. The van der Waals surface area contributed by atoms with Crippen molar-refractivity contribution in [2.45, 2.75) is 56.5 Å². The summed E-state index contributed by atoms with van der Waals surface area (Å²) in [5.41, 5.74) is 1.74. The lowest BCUT2D eigenvalue weighted by atomic mass is 9.67. The Labute approximate surface area is 164 Å². The van der Waals surface area contributed by atoms with Gasteiger partial charge in [-0.25, -0.2) is 0 Å². The SMILES string of the molecule is CC[N+]1(C)[C@@H]2CC[C@H]1C[C@@H](CC(C#N)(c1ccccc1)c1ccccc1)C2. The maximum Gasteiger partial charge on any atom is 0.107 e. The number of benzene rings is 2. The smallest absolute Gasteiger partial charge is 0.107 e. The Morgan fingerprint density at radius 3 is 1.81 bits per heavy atom. The lowest BCUT2D eigenvalue weighted by Gasteiger charge is -2.47. The van der Waals surface area contributed by atoms with Crippen LogP contribution in [0.5, 0.6) is 0 Å². The first-order valence-electron chi connectivity index (χ1n) is 10.5. The highest BCUT2D eigenvalue weighted by molar-refractivity contribution is 5.45. The average molecular weight is 360 g/mol. The number of rotatable bonds is 5. The second-order valence-corrected chi connectivity index (χ2v) is 8.84. The Morgan fingerprint density at radius 2 is 1.41 bits per heavy atom. The van der Waals surface area contributed by atoms with Gasteiger partial charge in [-0.1, -0.05) is 60.7 Å². The van der Waals surface area contributed by atoms with Gasteiger partial charge in [0.1, 0.15) is 5.41 Å². The van der Waals surface area contributed by atoms with Crippen molar-refractivity contribution >= 4 is 0 Å². The molecule has 2 fully saturated rings. The van der Waals surface area contributed by atoms with Gasteiger partial charge >= 0.3 is 0 Å². The van der Waals surface area contributed by atoms with Crippen molar-refractivity contribution in [2.24, 2.45) is 5.92 Å². The molecule has 0 N–H and O–H groups in total. The van der Waals surface area contributed by atoms with E-state index in [0.717, 1.165) is 29.6 Å². The van der Waals surface area contributed by atoms with Gasteiger partial charge in [0, 0.05) is 25.7 Å². The molecule has 0 spiro atoms. The van der Waals surface area contributed by atoms with Crippen molar-refractivity contribution in [2.75, 3.05) is 13.6 Å². The normalized spacial score (nSPS) is 30.0. The third kappa shape index (κ3) is 2.99. The predicted molar refractivity (Wildman–Crippen MR) is 110 cm³/mol. The molecule has 0 amide bonds. The van der Waals surface area contributed by atoms with E-state index < -0.39 is 5.41 Å². The third-order valence-corrected chi connectivity index (χ3v) is 7.71. The van der Waals surface area contributed by atoms with Crippen LogP contribution in [-0.4, -0.2) is 30.2 Å². The maximum atomic E-state index is 10.5. The van der Waals surface area contributed by atoms with Crippen LogP contribution in [0.25, 0.3) is 0 Å². The predicted octanol–water partition coefficient (Wildman–Crippen LogP) is 5.29. The summed E-state index contributed by atoms with van der Waals surface area (Å²) in [5.74, 6) is 0.625. The first-order chi connectivity index (χ1) is 13.1. The van der Waals surface area contributed by atoms with Crippen LogP contribution in [0.2, 0.25) is 0 Å². The Hall–Kier alpha value is -2.11. The molecule has 2 aliphatic rings. The minimum atomic E-state index is -0.542. The van der Waals surface area contributed by atoms with Crippen molar-refractivity contribution in [3.05, 3.63) is 71.8 Å². The van der Waals surface area contributed by atoms with Crippen molar-refractivity contribution in [1.29, 1.82) is 5.26 Å². The van der Waals surface area contributed by atoms with Crippen LogP contribution in [0.3, 0.4) is 0 Å². The van der Waals surface area contributed by atoms with Crippen molar-refractivity contribution < 1.29 is 4.48 Å². The Balaban J connectivity index is 1.69. The lowest BCUT2D eigenvalue weighted by Crippen LogP contribution is -2.57. The Bertz CT molecular complexity index is 752. The molecule has 1 unspecified atom stereocenters. The molecule has 0 aliphatic carbocycles. The molecule has 0 radical (unpaired) electrons. The van der Waals surface area contributed by atoms with Gasteiger partial charge in [0.05, 0.1) is 31.7 Å². The standard InChI is InChI=1S/C25H31N2/c1-3-27(2)23-14-15-24(27)17-20(16-23)18-25(19-26,21-10-6-4-7-11-21)22-12-8-5-9-13-22/h4-13,20,23-24H,3,14-18H2,1-2H3/q+1/t20-,23+,24-,27?. The number of nitriles is 1. The Morgan fingerprint density at radius 1 is 0.926 bits per heavy atom. The highest BCUT2D eigenvalue weighted by atomic mass is 15.4. The van der Waals surface area contributed by atoms with Gasteiger partial charge in [-0.05, 0) is 30.4 Å². The molecule has 0 saturated carbocycles. The molecule has 0 aromatic heterocycles. The van der Waals surface area contributed by atoms with Crippen LogP contribution < -0.4 is 0 Å². The zero-order valence-corrected chi connectivity index (χ0v) is 16.6. The number of nitrogens with zero attached hydrogens (tertiary/aromatic N) is 2. The van der Waals surface area contributed by atoms with E-state index in [-0.39, 0.29) is 0 Å². The van der Waals surface area contributed by atoms with Gasteiger partial charge in [0.25, 0.3) is 0 Å².